The SMILES string of the molecule is C[n+]1ccc(C#Cc2cc[nH]c2)cc1.F[P-](F)(F)(F)(F)F. The molecule has 1 N–H and O–H groups in total. The van der Waals surface area contributed by atoms with Crippen molar-refractivity contribution in [2.45, 2.75) is 0 Å². The first-order chi connectivity index (χ1) is 9.29. The first-order valence-corrected chi connectivity index (χ1v) is 7.49. The molecule has 2 nitrogen and oxygen atoms in total. The Hall–Kier alpha value is -2.00. The van der Waals surface area contributed by atoms with Crippen LogP contribution < -0.4 is 4.57 Å². The van der Waals surface area contributed by atoms with Gasteiger partial charge in [-0.05, 0) is 6.07 Å². The predicted octanol–water partition coefficient (Wildman–Crippen LogP) is 4.62. The fraction of sp³-hybridized carbons (Fsp3) is 0.0833. The third-order valence-corrected chi connectivity index (χ3v) is 1.93. The van der Waals surface area contributed by atoms with Gasteiger partial charge in [-0.2, -0.15) is 0 Å². The van der Waals surface area contributed by atoms with E-state index in [0.717, 1.165) is 11.1 Å². The molecule has 0 radical (unpaired) electrons. The third-order valence-electron chi connectivity index (χ3n) is 1.93. The van der Waals surface area contributed by atoms with Crippen molar-refractivity contribution in [3.05, 3.63) is 54.1 Å². The van der Waals surface area contributed by atoms with Gasteiger partial charge in [-0.1, -0.05) is 11.8 Å². The monoisotopic (exact) mass is 328 g/mol. The van der Waals surface area contributed by atoms with Crippen molar-refractivity contribution in [2.75, 3.05) is 0 Å². The standard InChI is InChI=1S/C12H10N2.F6P/c1-14-8-5-11(6-9-14)2-3-12-4-7-13-10-12;1-7(2,3,4,5)6/h4-10H,1H3;/q;-1/p+1. The number of nitrogens with zero attached hydrogens (tertiary/aromatic N) is 1. The molecule has 0 amide bonds. The van der Waals surface area contributed by atoms with Crippen LogP contribution in [0.5, 0.6) is 0 Å². The van der Waals surface area contributed by atoms with E-state index in [1.54, 1.807) is 0 Å². The second-order valence-electron chi connectivity index (χ2n) is 4.06. The summed E-state index contributed by atoms with van der Waals surface area (Å²) in [5.74, 6) is 6.16. The van der Waals surface area contributed by atoms with E-state index in [0.29, 0.717) is 0 Å². The molecular weight excluding hydrogens is 317 g/mol. The van der Waals surface area contributed by atoms with Gasteiger partial charge in [-0.3, -0.25) is 0 Å². The molecule has 21 heavy (non-hydrogen) atoms. The number of hydrogen-bond donors (Lipinski definition) is 1. The van der Waals surface area contributed by atoms with Crippen molar-refractivity contribution >= 4 is 7.81 Å². The molecule has 0 fully saturated rings. The summed E-state index contributed by atoms with van der Waals surface area (Å²) in [5.41, 5.74) is 2.04. The molecule has 0 saturated heterocycles. The topological polar surface area (TPSA) is 19.7 Å². The molecule has 0 aromatic carbocycles. The summed E-state index contributed by atoms with van der Waals surface area (Å²) in [6.07, 6.45) is 7.73. The van der Waals surface area contributed by atoms with Gasteiger partial charge in [0.15, 0.2) is 12.4 Å². The van der Waals surface area contributed by atoms with Crippen molar-refractivity contribution in [3.63, 3.8) is 0 Å². The normalized spacial score (nSPS) is 13.9. The summed E-state index contributed by atoms with van der Waals surface area (Å²) < 4.78 is 61.2. The van der Waals surface area contributed by atoms with Gasteiger partial charge in [0.1, 0.15) is 7.05 Å². The molecule has 0 aliphatic rings. The molecule has 116 valence electrons. The Morgan fingerprint density at radius 2 is 1.38 bits per heavy atom. The zero-order valence-electron chi connectivity index (χ0n) is 10.7. The number of aromatic nitrogens is 2. The van der Waals surface area contributed by atoms with Gasteiger partial charge in [0.05, 0.1) is 0 Å². The number of H-pyrrole nitrogens is 1. The van der Waals surface area contributed by atoms with Gasteiger partial charge in [0.25, 0.3) is 0 Å². The van der Waals surface area contributed by atoms with E-state index in [2.05, 4.69) is 16.8 Å². The third kappa shape index (κ3) is 11.5. The number of rotatable bonds is 0. The second kappa shape index (κ2) is 5.08. The average Bonchev–Trinajstić information content (AvgIpc) is 2.77. The van der Waals surface area contributed by atoms with Crippen LogP contribution in [0.25, 0.3) is 0 Å². The number of halogens is 6. The molecule has 2 aromatic heterocycles. The zero-order valence-corrected chi connectivity index (χ0v) is 11.6. The number of nitrogens with one attached hydrogen (secondary N) is 1. The van der Waals surface area contributed by atoms with Crippen LogP contribution >= 0.6 is 7.81 Å². The van der Waals surface area contributed by atoms with Gasteiger partial charge < -0.3 is 4.98 Å². The Bertz CT molecular complexity index is 636. The van der Waals surface area contributed by atoms with Crippen LogP contribution in [0.3, 0.4) is 0 Å². The first-order valence-electron chi connectivity index (χ1n) is 5.46. The summed E-state index contributed by atoms with van der Waals surface area (Å²) in [6, 6.07) is 5.95. The molecule has 2 aromatic rings. The van der Waals surface area contributed by atoms with Crippen molar-refractivity contribution in [1.82, 2.24) is 4.98 Å². The van der Waals surface area contributed by atoms with Crippen LogP contribution in [0, 0.1) is 11.8 Å². The number of aryl methyl sites for hydroxylation is 1. The van der Waals surface area contributed by atoms with Crippen LogP contribution in [-0.4, -0.2) is 4.98 Å². The first kappa shape index (κ1) is 17.1. The molecule has 0 spiro atoms. The van der Waals surface area contributed by atoms with E-state index in [9.17, 15) is 25.2 Å². The Balaban J connectivity index is 0.000000270. The van der Waals surface area contributed by atoms with Crippen molar-refractivity contribution in [2.24, 2.45) is 7.05 Å². The number of hydrogen-bond acceptors (Lipinski definition) is 0. The second-order valence-corrected chi connectivity index (χ2v) is 5.98. The zero-order chi connectivity index (χ0) is 16.2. The van der Waals surface area contributed by atoms with E-state index in [4.69, 9.17) is 0 Å². The summed E-state index contributed by atoms with van der Waals surface area (Å²) in [5, 5.41) is 0. The van der Waals surface area contributed by atoms with E-state index in [1.165, 1.54) is 0 Å². The van der Waals surface area contributed by atoms with E-state index < -0.39 is 7.81 Å². The molecule has 0 saturated carbocycles. The molecule has 2 rings (SSSR count). The minimum atomic E-state index is -10.7. The van der Waals surface area contributed by atoms with Crippen LogP contribution in [0.1, 0.15) is 11.1 Å². The summed E-state index contributed by atoms with van der Waals surface area (Å²) in [6.45, 7) is 0. The Labute approximate surface area is 116 Å². The maximum atomic E-state index is 9.87. The van der Waals surface area contributed by atoms with Gasteiger partial charge in [-0.15, -0.1) is 0 Å². The van der Waals surface area contributed by atoms with Crippen LogP contribution in [0.4, 0.5) is 25.2 Å². The molecule has 2 heterocycles. The molecule has 0 aliphatic carbocycles. The quantitative estimate of drug-likeness (QED) is 0.315. The minimum absolute atomic E-state index is 1.01. The van der Waals surface area contributed by atoms with Crippen molar-refractivity contribution < 1.29 is 29.7 Å². The fourth-order valence-electron chi connectivity index (χ4n) is 1.13. The maximum absolute atomic E-state index is 10.7. The molecule has 9 heteroatoms. The van der Waals surface area contributed by atoms with E-state index in [-0.39, 0.29) is 0 Å². The van der Waals surface area contributed by atoms with Crippen molar-refractivity contribution in [3.8, 4) is 11.8 Å². The Morgan fingerprint density at radius 1 is 0.905 bits per heavy atom. The van der Waals surface area contributed by atoms with E-state index >= 15 is 0 Å². The average molecular weight is 328 g/mol. The Kier molecular flexibility index (Phi) is 4.13. The molecule has 0 atom stereocenters. The Morgan fingerprint density at radius 3 is 1.81 bits per heavy atom. The number of pyridine rings is 1. The van der Waals surface area contributed by atoms with Crippen LogP contribution in [0.15, 0.2) is 43.0 Å². The van der Waals surface area contributed by atoms with Crippen LogP contribution in [-0.2, 0) is 7.05 Å². The van der Waals surface area contributed by atoms with Gasteiger partial charge in [-0.25, -0.2) is 4.57 Å². The fourth-order valence-corrected chi connectivity index (χ4v) is 1.13. The van der Waals surface area contributed by atoms with Gasteiger partial charge in [0, 0.05) is 35.7 Å². The molecular formula is C12H11F6N2P. The molecule has 0 bridgehead atoms. The summed E-state index contributed by atoms with van der Waals surface area (Å²) in [4.78, 5) is 2.97. The van der Waals surface area contributed by atoms with Crippen molar-refractivity contribution in [1.29, 1.82) is 0 Å². The molecule has 0 unspecified atom stereocenters. The van der Waals surface area contributed by atoms with Crippen LogP contribution in [0.2, 0.25) is 0 Å². The number of aromatic amines is 1. The summed E-state index contributed by atoms with van der Waals surface area (Å²) in [7, 11) is -8.67. The molecule has 0 aliphatic heterocycles. The van der Waals surface area contributed by atoms with E-state index in [1.807, 2.05) is 54.6 Å². The van der Waals surface area contributed by atoms with Gasteiger partial charge >= 0.3 is 33.0 Å². The predicted molar refractivity (Wildman–Crippen MR) is 68.0 cm³/mol. The summed E-state index contributed by atoms with van der Waals surface area (Å²) >= 11 is 0. The van der Waals surface area contributed by atoms with Gasteiger partial charge in [0.2, 0.25) is 0 Å².